The van der Waals surface area contributed by atoms with Crippen molar-refractivity contribution in [1.29, 1.82) is 0 Å². The smallest absolute Gasteiger partial charge is 0.222 e. The van der Waals surface area contributed by atoms with Gasteiger partial charge in [0, 0.05) is 32.0 Å². The maximum atomic E-state index is 12.0. The molecule has 3 N–H and O–H groups in total. The number of hydrogen-bond acceptors (Lipinski definition) is 7. The number of nitrogens with zero attached hydrogens (tertiary/aromatic N) is 2. The Balaban J connectivity index is 0.00000288. The Kier molecular flexibility index (Phi) is 9.88. The summed E-state index contributed by atoms with van der Waals surface area (Å²) in [5.74, 6) is 0.276. The van der Waals surface area contributed by atoms with Gasteiger partial charge in [-0.3, -0.25) is 4.79 Å². The number of hydroxylamine groups is 2. The fourth-order valence-electron chi connectivity index (χ4n) is 2.93. The molecule has 0 saturated carbocycles. The first-order valence-electron chi connectivity index (χ1n) is 8.31. The minimum Gasteiger partial charge on any atom is -0.378 e. The second kappa shape index (κ2) is 10.8. The summed E-state index contributed by atoms with van der Waals surface area (Å²) in [5, 5.41) is 29.8. The van der Waals surface area contributed by atoms with E-state index in [2.05, 4.69) is 0 Å². The van der Waals surface area contributed by atoms with Crippen LogP contribution in [0.5, 0.6) is 0 Å². The van der Waals surface area contributed by atoms with E-state index in [1.54, 1.807) is 11.8 Å². The van der Waals surface area contributed by atoms with E-state index in [9.17, 15) is 20.2 Å². The van der Waals surface area contributed by atoms with Crippen LogP contribution in [-0.4, -0.2) is 87.5 Å². The molecular weight excluding hydrogens is 356 g/mol. The van der Waals surface area contributed by atoms with Gasteiger partial charge in [0.15, 0.2) is 5.79 Å². The van der Waals surface area contributed by atoms with Gasteiger partial charge in [0.25, 0.3) is 0 Å². The molecule has 0 aromatic heterocycles. The third kappa shape index (κ3) is 7.43. The summed E-state index contributed by atoms with van der Waals surface area (Å²) in [5.41, 5.74) is 0. The second-order valence-electron chi connectivity index (χ2n) is 6.27. The minimum absolute atomic E-state index is 0. The SMILES string of the molecule is Cl.O=C(CCCSCCC1CCC(O)(O)CN1O)N1CCOCC1. The highest BCUT2D eigenvalue weighted by molar-refractivity contribution is 7.99. The van der Waals surface area contributed by atoms with Gasteiger partial charge in [-0.25, -0.2) is 0 Å². The van der Waals surface area contributed by atoms with Crippen molar-refractivity contribution >= 4 is 30.1 Å². The Morgan fingerprint density at radius 3 is 2.62 bits per heavy atom. The number of piperidine rings is 1. The average molecular weight is 385 g/mol. The first-order valence-corrected chi connectivity index (χ1v) is 9.47. The van der Waals surface area contributed by atoms with Crippen LogP contribution in [0.2, 0.25) is 0 Å². The first kappa shape index (κ1) is 22.0. The van der Waals surface area contributed by atoms with Gasteiger partial charge in [0.2, 0.25) is 5.91 Å². The summed E-state index contributed by atoms with van der Waals surface area (Å²) in [7, 11) is 0. The second-order valence-corrected chi connectivity index (χ2v) is 7.50. The van der Waals surface area contributed by atoms with Crippen LogP contribution in [0.25, 0.3) is 0 Å². The predicted molar refractivity (Wildman–Crippen MR) is 94.5 cm³/mol. The van der Waals surface area contributed by atoms with E-state index in [1.165, 1.54) is 0 Å². The lowest BCUT2D eigenvalue weighted by atomic mass is 9.98. The summed E-state index contributed by atoms with van der Waals surface area (Å²) < 4.78 is 5.23. The van der Waals surface area contributed by atoms with E-state index >= 15 is 0 Å². The molecule has 2 aliphatic heterocycles. The standard InChI is InChI=1S/C15H28N2O5S.ClH/c18-14(16-6-8-22-9-7-16)2-1-10-23-11-4-13-3-5-15(19,20)12-17(13)21;/h13,19-21H,1-12H2;1H. The number of carbonyl (C=O) groups excluding carboxylic acids is 1. The largest absolute Gasteiger partial charge is 0.378 e. The van der Waals surface area contributed by atoms with E-state index < -0.39 is 5.79 Å². The van der Waals surface area contributed by atoms with Crippen LogP contribution in [0, 0.1) is 0 Å². The molecule has 7 nitrogen and oxygen atoms in total. The molecule has 2 aliphatic rings. The van der Waals surface area contributed by atoms with Crippen molar-refractivity contribution in [2.24, 2.45) is 0 Å². The Morgan fingerprint density at radius 1 is 1.25 bits per heavy atom. The van der Waals surface area contributed by atoms with Crippen LogP contribution in [0.15, 0.2) is 0 Å². The van der Waals surface area contributed by atoms with Gasteiger partial charge in [-0.1, -0.05) is 0 Å². The van der Waals surface area contributed by atoms with Crippen molar-refractivity contribution in [3.05, 3.63) is 0 Å². The third-order valence-corrected chi connectivity index (χ3v) is 5.45. The van der Waals surface area contributed by atoms with Crippen molar-refractivity contribution in [2.75, 3.05) is 44.4 Å². The molecule has 0 radical (unpaired) electrons. The van der Waals surface area contributed by atoms with Gasteiger partial charge < -0.3 is 25.1 Å². The normalized spacial score (nSPS) is 24.5. The van der Waals surface area contributed by atoms with E-state index in [4.69, 9.17) is 4.74 Å². The van der Waals surface area contributed by atoms with Crippen LogP contribution < -0.4 is 0 Å². The third-order valence-electron chi connectivity index (χ3n) is 4.35. The number of halogens is 1. The van der Waals surface area contributed by atoms with E-state index in [0.29, 0.717) is 45.6 Å². The predicted octanol–water partition coefficient (Wildman–Crippen LogP) is 0.705. The number of hydrogen-bond donors (Lipinski definition) is 3. The van der Waals surface area contributed by atoms with E-state index in [0.717, 1.165) is 29.4 Å². The molecular formula is C15H29ClN2O5S. The van der Waals surface area contributed by atoms with Crippen molar-refractivity contribution in [2.45, 2.75) is 43.9 Å². The van der Waals surface area contributed by atoms with Gasteiger partial charge in [-0.05, 0) is 30.8 Å². The maximum absolute atomic E-state index is 12.0. The van der Waals surface area contributed by atoms with E-state index in [-0.39, 0.29) is 30.9 Å². The molecule has 2 rings (SSSR count). The average Bonchev–Trinajstić information content (AvgIpc) is 2.52. The van der Waals surface area contributed by atoms with Crippen LogP contribution in [0.3, 0.4) is 0 Å². The number of thioether (sulfide) groups is 1. The summed E-state index contributed by atoms with van der Waals surface area (Å²) in [6.07, 6.45) is 3.15. The lowest BCUT2D eigenvalue weighted by Gasteiger charge is -2.37. The molecule has 0 bridgehead atoms. The molecule has 142 valence electrons. The van der Waals surface area contributed by atoms with Crippen LogP contribution >= 0.6 is 24.2 Å². The van der Waals surface area contributed by atoms with Gasteiger partial charge in [0.1, 0.15) is 0 Å². The van der Waals surface area contributed by atoms with Gasteiger partial charge in [-0.2, -0.15) is 16.8 Å². The zero-order valence-electron chi connectivity index (χ0n) is 13.9. The van der Waals surface area contributed by atoms with Crippen molar-refractivity contribution < 1.29 is 25.0 Å². The van der Waals surface area contributed by atoms with Crippen molar-refractivity contribution in [3.63, 3.8) is 0 Å². The van der Waals surface area contributed by atoms with Crippen LogP contribution in [0.1, 0.15) is 32.1 Å². The topological polar surface area (TPSA) is 93.5 Å². The number of morpholine rings is 1. The van der Waals surface area contributed by atoms with E-state index in [1.807, 2.05) is 4.90 Å². The Labute approximate surface area is 153 Å². The molecule has 0 spiro atoms. The molecule has 2 heterocycles. The zero-order valence-corrected chi connectivity index (χ0v) is 15.6. The lowest BCUT2D eigenvalue weighted by molar-refractivity contribution is -0.265. The number of amides is 1. The molecule has 1 unspecified atom stereocenters. The highest BCUT2D eigenvalue weighted by atomic mass is 35.5. The fourth-order valence-corrected chi connectivity index (χ4v) is 3.92. The van der Waals surface area contributed by atoms with Gasteiger partial charge in [-0.15, -0.1) is 12.4 Å². The fraction of sp³-hybridized carbons (Fsp3) is 0.933. The Bertz CT molecular complexity index is 383. The summed E-state index contributed by atoms with van der Waals surface area (Å²) in [6, 6.07) is -0.00935. The van der Waals surface area contributed by atoms with Crippen molar-refractivity contribution in [3.8, 4) is 0 Å². The van der Waals surface area contributed by atoms with Crippen molar-refractivity contribution in [1.82, 2.24) is 9.96 Å². The van der Waals surface area contributed by atoms with Crippen LogP contribution in [0.4, 0.5) is 0 Å². The highest BCUT2D eigenvalue weighted by Crippen LogP contribution is 2.25. The van der Waals surface area contributed by atoms with Gasteiger partial charge in [0.05, 0.1) is 19.8 Å². The van der Waals surface area contributed by atoms with Gasteiger partial charge >= 0.3 is 0 Å². The Hall–Kier alpha value is -0.0900. The number of aliphatic hydroxyl groups is 2. The molecule has 9 heteroatoms. The number of β-amino-alcohol motifs (C(OH)–C–C–N with tert-alkyl or cyclic N) is 2. The lowest BCUT2D eigenvalue weighted by Crippen LogP contribution is -2.51. The quantitative estimate of drug-likeness (QED) is 0.439. The zero-order chi connectivity index (χ0) is 16.7. The molecule has 1 amide bonds. The summed E-state index contributed by atoms with van der Waals surface area (Å²) >= 11 is 1.78. The highest BCUT2D eigenvalue weighted by Gasteiger charge is 2.35. The summed E-state index contributed by atoms with van der Waals surface area (Å²) in [6.45, 7) is 2.58. The molecule has 0 aromatic rings. The summed E-state index contributed by atoms with van der Waals surface area (Å²) in [4.78, 5) is 13.8. The maximum Gasteiger partial charge on any atom is 0.222 e. The van der Waals surface area contributed by atoms with Crippen LogP contribution in [-0.2, 0) is 9.53 Å². The minimum atomic E-state index is -1.77. The molecule has 24 heavy (non-hydrogen) atoms. The molecule has 0 aromatic carbocycles. The molecule has 2 saturated heterocycles. The number of rotatable bonds is 7. The molecule has 0 aliphatic carbocycles. The molecule has 2 fully saturated rings. The Morgan fingerprint density at radius 2 is 1.96 bits per heavy atom. The first-order chi connectivity index (χ1) is 11.0. The number of carbonyl (C=O) groups is 1. The monoisotopic (exact) mass is 384 g/mol. The molecule has 1 atom stereocenters. The number of ether oxygens (including phenoxy) is 1.